The van der Waals surface area contributed by atoms with Crippen molar-refractivity contribution in [2.24, 2.45) is 11.8 Å². The largest absolute Gasteiger partial charge is 0.381 e. The summed E-state index contributed by atoms with van der Waals surface area (Å²) in [5.41, 5.74) is 0.105. The Morgan fingerprint density at radius 2 is 1.89 bits per heavy atom. The maximum Gasteiger partial charge on any atom is 0.254 e. The van der Waals surface area contributed by atoms with Crippen LogP contribution in [0.1, 0.15) is 35.3 Å². The summed E-state index contributed by atoms with van der Waals surface area (Å²) < 4.78 is 57.9. The number of sulfone groups is 1. The highest BCUT2D eigenvalue weighted by molar-refractivity contribution is 7.90. The Morgan fingerprint density at radius 3 is 2.51 bits per heavy atom. The van der Waals surface area contributed by atoms with Gasteiger partial charge in [0.2, 0.25) is 5.91 Å². The molecule has 188 valence electrons. The van der Waals surface area contributed by atoms with Crippen molar-refractivity contribution in [3.05, 3.63) is 64.2 Å². The summed E-state index contributed by atoms with van der Waals surface area (Å²) in [5.74, 6) is -2.81. The summed E-state index contributed by atoms with van der Waals surface area (Å²) in [6.45, 7) is 2.71. The van der Waals surface area contributed by atoms with Crippen LogP contribution in [-0.4, -0.2) is 57.2 Å². The van der Waals surface area contributed by atoms with Gasteiger partial charge in [0.05, 0.1) is 29.2 Å². The average molecular weight is 527 g/mol. The van der Waals surface area contributed by atoms with E-state index in [2.05, 4.69) is 5.32 Å². The number of ether oxygens (including phenoxy) is 1. The fourth-order valence-corrected chi connectivity index (χ4v) is 5.28. The van der Waals surface area contributed by atoms with E-state index >= 15 is 0 Å². The molecule has 0 radical (unpaired) electrons. The Labute approximate surface area is 207 Å². The minimum Gasteiger partial charge on any atom is -0.381 e. The van der Waals surface area contributed by atoms with E-state index in [1.807, 2.05) is 6.92 Å². The highest BCUT2D eigenvalue weighted by atomic mass is 35.5. The van der Waals surface area contributed by atoms with E-state index in [0.29, 0.717) is 13.0 Å². The van der Waals surface area contributed by atoms with E-state index in [1.165, 1.54) is 29.2 Å². The minimum absolute atomic E-state index is 0.00174. The normalized spacial score (nSPS) is 21.5. The summed E-state index contributed by atoms with van der Waals surface area (Å²) in [4.78, 5) is 28.1. The van der Waals surface area contributed by atoms with Crippen LogP contribution in [0.15, 0.2) is 41.3 Å². The van der Waals surface area contributed by atoms with Crippen molar-refractivity contribution in [3.8, 4) is 0 Å². The SMILES string of the molecule is C[C@@H]1C[C@H](C(=O)NC(c2cc(F)c(Cl)cc2F)C2COC2)N(C(=O)c2cccc(S(C)(=O)=O)c2)C1. The second-order valence-corrected chi connectivity index (χ2v) is 11.6. The molecule has 0 bridgehead atoms. The van der Waals surface area contributed by atoms with Crippen LogP contribution in [0.2, 0.25) is 5.02 Å². The molecular weight excluding hydrogens is 502 g/mol. The van der Waals surface area contributed by atoms with Gasteiger partial charge in [-0.1, -0.05) is 24.6 Å². The van der Waals surface area contributed by atoms with Crippen LogP contribution in [0.4, 0.5) is 8.78 Å². The number of halogens is 3. The molecule has 2 aromatic carbocycles. The molecule has 11 heteroatoms. The smallest absolute Gasteiger partial charge is 0.254 e. The van der Waals surface area contributed by atoms with Crippen LogP contribution in [0, 0.1) is 23.5 Å². The molecule has 4 rings (SSSR count). The van der Waals surface area contributed by atoms with Gasteiger partial charge in [0, 0.05) is 29.8 Å². The number of amides is 2. The quantitative estimate of drug-likeness (QED) is 0.583. The number of likely N-dealkylation sites (tertiary alicyclic amines) is 1. The van der Waals surface area contributed by atoms with E-state index < -0.39 is 45.4 Å². The van der Waals surface area contributed by atoms with Gasteiger partial charge in [0.25, 0.3) is 5.91 Å². The molecule has 2 amide bonds. The zero-order chi connectivity index (χ0) is 25.5. The number of carbonyl (C=O) groups excluding carboxylic acids is 2. The van der Waals surface area contributed by atoms with Crippen molar-refractivity contribution in [3.63, 3.8) is 0 Å². The van der Waals surface area contributed by atoms with Gasteiger partial charge in [0.1, 0.15) is 17.7 Å². The predicted molar refractivity (Wildman–Crippen MR) is 125 cm³/mol. The van der Waals surface area contributed by atoms with Crippen LogP contribution in [0.25, 0.3) is 0 Å². The zero-order valence-electron chi connectivity index (χ0n) is 19.1. The first-order valence-corrected chi connectivity index (χ1v) is 13.4. The standard InChI is InChI=1S/C24H25ClF2N2O5S/c1-13-6-21(29(10-13)24(31)14-4-3-5-16(7-14)35(2,32)33)23(30)28-22(15-11-34-12-15)17-8-20(27)18(25)9-19(17)26/h3-5,7-9,13,15,21-22H,6,10-12H2,1-2H3,(H,28,30)/t13-,21-,22?/m1/s1. The van der Waals surface area contributed by atoms with Crippen molar-refractivity contribution >= 4 is 33.3 Å². The van der Waals surface area contributed by atoms with Crippen molar-refractivity contribution in [2.75, 3.05) is 26.0 Å². The molecule has 7 nitrogen and oxygen atoms in total. The Hall–Kier alpha value is -2.56. The first-order valence-electron chi connectivity index (χ1n) is 11.1. The molecule has 2 heterocycles. The molecule has 1 unspecified atom stereocenters. The van der Waals surface area contributed by atoms with Crippen LogP contribution in [-0.2, 0) is 19.4 Å². The predicted octanol–water partition coefficient (Wildman–Crippen LogP) is 3.38. The molecule has 2 aliphatic heterocycles. The van der Waals surface area contributed by atoms with E-state index in [-0.39, 0.29) is 46.1 Å². The molecule has 2 aliphatic rings. The fraction of sp³-hybridized carbons (Fsp3) is 0.417. The molecule has 2 fully saturated rings. The lowest BCUT2D eigenvalue weighted by molar-refractivity contribution is -0.128. The summed E-state index contributed by atoms with van der Waals surface area (Å²) in [6.07, 6.45) is 1.42. The molecular formula is C24H25ClF2N2O5S. The number of carbonyl (C=O) groups is 2. The fourth-order valence-electron chi connectivity index (χ4n) is 4.47. The Morgan fingerprint density at radius 1 is 1.17 bits per heavy atom. The third-order valence-corrected chi connectivity index (χ3v) is 7.79. The third-order valence-electron chi connectivity index (χ3n) is 6.39. The van der Waals surface area contributed by atoms with Gasteiger partial charge < -0.3 is 15.0 Å². The molecule has 1 N–H and O–H groups in total. The van der Waals surface area contributed by atoms with Crippen molar-refractivity contribution in [1.82, 2.24) is 10.2 Å². The summed E-state index contributed by atoms with van der Waals surface area (Å²) in [7, 11) is -3.52. The zero-order valence-corrected chi connectivity index (χ0v) is 20.7. The lowest BCUT2D eigenvalue weighted by atomic mass is 9.90. The van der Waals surface area contributed by atoms with Gasteiger partial charge in [-0.2, -0.15) is 0 Å². The molecule has 0 spiro atoms. The lowest BCUT2D eigenvalue weighted by Gasteiger charge is -2.36. The van der Waals surface area contributed by atoms with Crippen molar-refractivity contribution in [1.29, 1.82) is 0 Å². The van der Waals surface area contributed by atoms with Crippen LogP contribution < -0.4 is 5.32 Å². The number of rotatable bonds is 6. The highest BCUT2D eigenvalue weighted by Gasteiger charge is 2.41. The van der Waals surface area contributed by atoms with Gasteiger partial charge in [0.15, 0.2) is 9.84 Å². The topological polar surface area (TPSA) is 92.8 Å². The number of nitrogens with one attached hydrogen (secondary N) is 1. The van der Waals surface area contributed by atoms with Gasteiger partial charge in [-0.15, -0.1) is 0 Å². The second kappa shape index (κ2) is 9.83. The maximum absolute atomic E-state index is 14.7. The third kappa shape index (κ3) is 5.34. The van der Waals surface area contributed by atoms with Crippen molar-refractivity contribution in [2.45, 2.75) is 30.3 Å². The maximum atomic E-state index is 14.7. The van der Waals surface area contributed by atoms with E-state index in [9.17, 15) is 26.8 Å². The number of benzene rings is 2. The monoisotopic (exact) mass is 526 g/mol. The first-order chi connectivity index (χ1) is 16.5. The Bertz CT molecular complexity index is 1270. The molecule has 0 aliphatic carbocycles. The van der Waals surface area contributed by atoms with Crippen LogP contribution >= 0.6 is 11.6 Å². The molecule has 35 heavy (non-hydrogen) atoms. The van der Waals surface area contributed by atoms with Gasteiger partial charge in [-0.25, -0.2) is 17.2 Å². The number of hydrogen-bond acceptors (Lipinski definition) is 5. The van der Waals surface area contributed by atoms with E-state index in [0.717, 1.165) is 18.4 Å². The lowest BCUT2D eigenvalue weighted by Crippen LogP contribution is -2.50. The van der Waals surface area contributed by atoms with Crippen LogP contribution in [0.5, 0.6) is 0 Å². The van der Waals surface area contributed by atoms with Gasteiger partial charge >= 0.3 is 0 Å². The van der Waals surface area contributed by atoms with Crippen molar-refractivity contribution < 1.29 is 31.5 Å². The number of hydrogen-bond donors (Lipinski definition) is 1. The summed E-state index contributed by atoms with van der Waals surface area (Å²) in [6, 6.07) is 5.76. The first kappa shape index (κ1) is 25.5. The minimum atomic E-state index is -3.52. The van der Waals surface area contributed by atoms with Crippen LogP contribution in [0.3, 0.4) is 0 Å². The summed E-state index contributed by atoms with van der Waals surface area (Å²) >= 11 is 5.69. The molecule has 0 aromatic heterocycles. The van der Waals surface area contributed by atoms with Gasteiger partial charge in [-0.3, -0.25) is 9.59 Å². The molecule has 2 saturated heterocycles. The second-order valence-electron chi connectivity index (χ2n) is 9.19. The van der Waals surface area contributed by atoms with Gasteiger partial charge in [-0.05, 0) is 42.7 Å². The Balaban J connectivity index is 1.60. The molecule has 3 atom stereocenters. The molecule has 2 aromatic rings. The average Bonchev–Trinajstić information content (AvgIpc) is 3.15. The summed E-state index contributed by atoms with van der Waals surface area (Å²) in [5, 5.41) is 2.44. The Kier molecular flexibility index (Phi) is 7.17. The van der Waals surface area contributed by atoms with E-state index in [1.54, 1.807) is 0 Å². The van der Waals surface area contributed by atoms with E-state index in [4.69, 9.17) is 16.3 Å². The number of nitrogens with zero attached hydrogens (tertiary/aromatic N) is 1. The molecule has 0 saturated carbocycles. The highest BCUT2D eigenvalue weighted by Crippen LogP contribution is 2.33.